The summed E-state index contributed by atoms with van der Waals surface area (Å²) < 4.78 is 0. The van der Waals surface area contributed by atoms with Gasteiger partial charge in [-0.2, -0.15) is 5.26 Å². The highest BCUT2D eigenvalue weighted by Gasteiger charge is 2.42. The summed E-state index contributed by atoms with van der Waals surface area (Å²) in [6, 6.07) is 9.16. The third kappa shape index (κ3) is 2.11. The smallest absolute Gasteiger partial charge is 0.253 e. The van der Waals surface area contributed by atoms with Crippen LogP contribution in [-0.4, -0.2) is 29.9 Å². The molecule has 0 radical (unpaired) electrons. The minimum atomic E-state index is 0.0612. The Labute approximate surface area is 112 Å². The van der Waals surface area contributed by atoms with E-state index in [9.17, 15) is 4.79 Å². The summed E-state index contributed by atoms with van der Waals surface area (Å²) in [6.07, 6.45) is 2.23. The SMILES string of the molecule is N#Cc1ccc(C(=O)N2C[C@@H]3CC[C@@H](N)[C@H]3C2)cc1. The molecule has 0 aromatic heterocycles. The number of nitrogens with zero attached hydrogens (tertiary/aromatic N) is 2. The van der Waals surface area contributed by atoms with Gasteiger partial charge in [-0.15, -0.1) is 0 Å². The molecule has 2 N–H and O–H groups in total. The summed E-state index contributed by atoms with van der Waals surface area (Å²) in [5.41, 5.74) is 7.33. The quantitative estimate of drug-likeness (QED) is 0.824. The largest absolute Gasteiger partial charge is 0.338 e. The van der Waals surface area contributed by atoms with E-state index in [1.807, 2.05) is 4.90 Å². The molecule has 1 saturated heterocycles. The summed E-state index contributed by atoms with van der Waals surface area (Å²) in [5.74, 6) is 1.12. The van der Waals surface area contributed by atoms with E-state index in [1.165, 1.54) is 0 Å². The lowest BCUT2D eigenvalue weighted by Gasteiger charge is -2.18. The molecule has 0 bridgehead atoms. The third-order valence-electron chi connectivity index (χ3n) is 4.46. The third-order valence-corrected chi connectivity index (χ3v) is 4.46. The van der Waals surface area contributed by atoms with Gasteiger partial charge in [0.15, 0.2) is 0 Å². The maximum Gasteiger partial charge on any atom is 0.253 e. The molecule has 19 heavy (non-hydrogen) atoms. The number of carbonyl (C=O) groups is 1. The lowest BCUT2D eigenvalue weighted by Crippen LogP contribution is -2.33. The zero-order valence-corrected chi connectivity index (χ0v) is 10.7. The van der Waals surface area contributed by atoms with Crippen molar-refractivity contribution in [3.05, 3.63) is 35.4 Å². The zero-order chi connectivity index (χ0) is 13.4. The van der Waals surface area contributed by atoms with Crippen molar-refractivity contribution in [2.75, 3.05) is 13.1 Å². The molecule has 1 aromatic carbocycles. The van der Waals surface area contributed by atoms with Crippen LogP contribution in [0, 0.1) is 23.2 Å². The normalized spacial score (nSPS) is 29.1. The van der Waals surface area contributed by atoms with Crippen LogP contribution in [0.2, 0.25) is 0 Å². The van der Waals surface area contributed by atoms with Crippen LogP contribution < -0.4 is 5.73 Å². The Balaban J connectivity index is 1.73. The Bertz CT molecular complexity index is 531. The molecule has 4 heteroatoms. The fourth-order valence-electron chi connectivity index (χ4n) is 3.34. The van der Waals surface area contributed by atoms with Gasteiger partial charge in [0.1, 0.15) is 0 Å². The number of nitriles is 1. The second-order valence-electron chi connectivity index (χ2n) is 5.56. The predicted octanol–water partition coefficient (Wildman–Crippen LogP) is 1.37. The van der Waals surface area contributed by atoms with E-state index >= 15 is 0 Å². The summed E-state index contributed by atoms with van der Waals surface area (Å²) in [6.45, 7) is 1.61. The van der Waals surface area contributed by atoms with Crippen molar-refractivity contribution in [3.63, 3.8) is 0 Å². The fraction of sp³-hybridized carbons (Fsp3) is 0.467. The van der Waals surface area contributed by atoms with Crippen LogP contribution in [0.1, 0.15) is 28.8 Å². The standard InChI is InChI=1S/C15H17N3O/c16-7-10-1-3-11(4-2-10)15(19)18-8-12-5-6-14(17)13(12)9-18/h1-4,12-14H,5-6,8-9,17H2/t12-,13-,14+/m0/s1. The number of amides is 1. The molecule has 1 heterocycles. The number of fused-ring (bicyclic) bond motifs is 1. The second-order valence-corrected chi connectivity index (χ2v) is 5.56. The number of benzene rings is 1. The van der Waals surface area contributed by atoms with Crippen molar-refractivity contribution in [1.29, 1.82) is 5.26 Å². The van der Waals surface area contributed by atoms with Gasteiger partial charge in [0.2, 0.25) is 0 Å². The number of carbonyl (C=O) groups excluding carboxylic acids is 1. The highest BCUT2D eigenvalue weighted by Crippen LogP contribution is 2.37. The molecular formula is C15H17N3O. The van der Waals surface area contributed by atoms with Crippen LogP contribution in [-0.2, 0) is 0 Å². The lowest BCUT2D eigenvalue weighted by atomic mass is 9.98. The van der Waals surface area contributed by atoms with Gasteiger partial charge in [0, 0.05) is 24.7 Å². The topological polar surface area (TPSA) is 70.1 Å². The first-order chi connectivity index (χ1) is 9.19. The Morgan fingerprint density at radius 2 is 2.00 bits per heavy atom. The molecule has 2 aliphatic rings. The maximum absolute atomic E-state index is 12.4. The van der Waals surface area contributed by atoms with Crippen molar-refractivity contribution in [1.82, 2.24) is 4.90 Å². The van der Waals surface area contributed by atoms with Crippen LogP contribution in [0.15, 0.2) is 24.3 Å². The summed E-state index contributed by atoms with van der Waals surface area (Å²) in [4.78, 5) is 14.3. The molecule has 3 rings (SSSR count). The first-order valence-electron chi connectivity index (χ1n) is 6.74. The molecule has 1 amide bonds. The highest BCUT2D eigenvalue weighted by molar-refractivity contribution is 5.94. The molecule has 0 unspecified atom stereocenters. The van der Waals surface area contributed by atoms with Crippen LogP contribution in [0.4, 0.5) is 0 Å². The van der Waals surface area contributed by atoms with Gasteiger partial charge >= 0.3 is 0 Å². The van der Waals surface area contributed by atoms with Gasteiger partial charge in [-0.05, 0) is 48.9 Å². The summed E-state index contributed by atoms with van der Waals surface area (Å²) in [5, 5.41) is 8.76. The molecule has 3 atom stereocenters. The summed E-state index contributed by atoms with van der Waals surface area (Å²) >= 11 is 0. The minimum Gasteiger partial charge on any atom is -0.338 e. The molecule has 98 valence electrons. The molecule has 1 aliphatic heterocycles. The van der Waals surface area contributed by atoms with Crippen molar-refractivity contribution in [2.24, 2.45) is 17.6 Å². The lowest BCUT2D eigenvalue weighted by molar-refractivity contribution is 0.0779. The first kappa shape index (κ1) is 12.2. The van der Waals surface area contributed by atoms with Crippen LogP contribution in [0.25, 0.3) is 0 Å². The number of hydrogen-bond donors (Lipinski definition) is 1. The number of likely N-dealkylation sites (tertiary alicyclic amines) is 1. The average molecular weight is 255 g/mol. The van der Waals surface area contributed by atoms with Crippen molar-refractivity contribution < 1.29 is 4.79 Å². The predicted molar refractivity (Wildman–Crippen MR) is 71.2 cm³/mol. The van der Waals surface area contributed by atoms with E-state index in [0.717, 1.165) is 25.9 Å². The number of rotatable bonds is 1. The zero-order valence-electron chi connectivity index (χ0n) is 10.7. The molecular weight excluding hydrogens is 238 g/mol. The van der Waals surface area contributed by atoms with Gasteiger partial charge < -0.3 is 10.6 Å². The van der Waals surface area contributed by atoms with E-state index in [-0.39, 0.29) is 11.9 Å². The van der Waals surface area contributed by atoms with E-state index in [1.54, 1.807) is 24.3 Å². The maximum atomic E-state index is 12.4. The molecule has 0 spiro atoms. The van der Waals surface area contributed by atoms with Gasteiger partial charge in [-0.3, -0.25) is 4.79 Å². The van der Waals surface area contributed by atoms with E-state index in [2.05, 4.69) is 6.07 Å². The van der Waals surface area contributed by atoms with Gasteiger partial charge in [-0.1, -0.05) is 0 Å². The molecule has 2 fully saturated rings. The minimum absolute atomic E-state index is 0.0612. The van der Waals surface area contributed by atoms with Crippen LogP contribution in [0.3, 0.4) is 0 Å². The molecule has 1 aromatic rings. The van der Waals surface area contributed by atoms with E-state index in [4.69, 9.17) is 11.0 Å². The highest BCUT2D eigenvalue weighted by atomic mass is 16.2. The Hall–Kier alpha value is -1.86. The van der Waals surface area contributed by atoms with Crippen molar-refractivity contribution >= 4 is 5.91 Å². The number of nitrogens with two attached hydrogens (primary N) is 1. The molecule has 1 aliphatic carbocycles. The van der Waals surface area contributed by atoms with Crippen LogP contribution >= 0.6 is 0 Å². The Morgan fingerprint density at radius 1 is 1.26 bits per heavy atom. The van der Waals surface area contributed by atoms with Crippen molar-refractivity contribution in [3.8, 4) is 6.07 Å². The van der Waals surface area contributed by atoms with Gasteiger partial charge in [-0.25, -0.2) is 0 Å². The van der Waals surface area contributed by atoms with Gasteiger partial charge in [0.25, 0.3) is 5.91 Å². The molecule has 4 nitrogen and oxygen atoms in total. The summed E-state index contributed by atoms with van der Waals surface area (Å²) in [7, 11) is 0. The monoisotopic (exact) mass is 255 g/mol. The van der Waals surface area contributed by atoms with Crippen LogP contribution in [0.5, 0.6) is 0 Å². The van der Waals surface area contributed by atoms with E-state index in [0.29, 0.717) is 23.0 Å². The Morgan fingerprint density at radius 3 is 2.63 bits per heavy atom. The Kier molecular flexibility index (Phi) is 3.00. The van der Waals surface area contributed by atoms with E-state index < -0.39 is 0 Å². The fourth-order valence-corrected chi connectivity index (χ4v) is 3.34. The second kappa shape index (κ2) is 4.67. The first-order valence-corrected chi connectivity index (χ1v) is 6.74. The molecule has 1 saturated carbocycles. The van der Waals surface area contributed by atoms with Gasteiger partial charge in [0.05, 0.1) is 11.6 Å². The average Bonchev–Trinajstić information content (AvgIpc) is 3.01. The number of hydrogen-bond acceptors (Lipinski definition) is 3. The van der Waals surface area contributed by atoms with Crippen molar-refractivity contribution in [2.45, 2.75) is 18.9 Å².